The van der Waals surface area contributed by atoms with Gasteiger partial charge in [-0.3, -0.25) is 9.69 Å². The van der Waals surface area contributed by atoms with Gasteiger partial charge in [0.2, 0.25) is 0 Å². The molecule has 2 aliphatic heterocycles. The van der Waals surface area contributed by atoms with E-state index in [2.05, 4.69) is 0 Å². The molecule has 172 valence electrons. The second-order valence-corrected chi connectivity index (χ2v) is 8.69. The van der Waals surface area contributed by atoms with Gasteiger partial charge in [0.25, 0.3) is 5.56 Å². The number of esters is 1. The molecule has 1 aromatic carbocycles. The van der Waals surface area contributed by atoms with Crippen molar-refractivity contribution in [2.24, 2.45) is 0 Å². The maximum absolute atomic E-state index is 13.3. The number of aromatic nitrogens is 2. The van der Waals surface area contributed by atoms with Gasteiger partial charge < -0.3 is 24.6 Å². The number of hydrogen-bond donors (Lipinski definition) is 3. The Morgan fingerprint density at radius 3 is 2.79 bits per heavy atom. The Bertz CT molecular complexity index is 1360. The summed E-state index contributed by atoms with van der Waals surface area (Å²) in [7, 11) is 1.85. The minimum Gasteiger partial charge on any atom is -0.508 e. The maximum Gasteiger partial charge on any atom is 0.343 e. The van der Waals surface area contributed by atoms with Crippen LogP contribution < -0.4 is 5.56 Å². The molecule has 4 heterocycles. The lowest BCUT2D eigenvalue weighted by molar-refractivity contribution is -0.172. The number of pyridine rings is 2. The number of phenolic OH excluding ortho intramolecular Hbond substituents is 1. The number of carbonyl (C=O) groups is 1. The lowest BCUT2D eigenvalue weighted by Crippen LogP contribution is -2.44. The van der Waals surface area contributed by atoms with E-state index in [1.165, 1.54) is 0 Å². The van der Waals surface area contributed by atoms with E-state index in [1.807, 2.05) is 18.0 Å². The van der Waals surface area contributed by atoms with Crippen molar-refractivity contribution in [3.63, 3.8) is 0 Å². The van der Waals surface area contributed by atoms with Crippen LogP contribution in [0, 0.1) is 0 Å². The normalized spacial score (nSPS) is 18.9. The van der Waals surface area contributed by atoms with Crippen molar-refractivity contribution in [2.75, 3.05) is 20.2 Å². The number of cyclic esters (lactones) is 1. The van der Waals surface area contributed by atoms with Crippen molar-refractivity contribution in [3.8, 4) is 17.1 Å². The number of phenols is 1. The van der Waals surface area contributed by atoms with Gasteiger partial charge in [-0.15, -0.1) is 0 Å². The molecule has 5 rings (SSSR count). The first-order valence-corrected chi connectivity index (χ1v) is 10.9. The maximum atomic E-state index is 13.3. The smallest absolute Gasteiger partial charge is 0.343 e. The minimum atomic E-state index is -1.86. The highest BCUT2D eigenvalue weighted by Crippen LogP contribution is 2.39. The number of nitrogens with zero attached hydrogens (tertiary/aromatic N) is 3. The van der Waals surface area contributed by atoms with Crippen molar-refractivity contribution in [2.45, 2.75) is 38.6 Å². The van der Waals surface area contributed by atoms with Crippen LogP contribution in [0.4, 0.5) is 0 Å². The first-order valence-electron chi connectivity index (χ1n) is 10.9. The van der Waals surface area contributed by atoms with Crippen molar-refractivity contribution >= 4 is 16.9 Å². The van der Waals surface area contributed by atoms with Crippen LogP contribution in [0.1, 0.15) is 35.6 Å². The van der Waals surface area contributed by atoms with E-state index in [0.29, 0.717) is 42.1 Å². The number of likely N-dealkylation sites (N-methyl/N-ethyl adjacent to an activating group) is 1. The Balaban J connectivity index is 1.69. The minimum absolute atomic E-state index is 0.00882. The molecule has 1 atom stereocenters. The Hall–Kier alpha value is -3.27. The number of aliphatic hydroxyl groups excluding tert-OH is 1. The summed E-state index contributed by atoms with van der Waals surface area (Å²) in [4.78, 5) is 32.3. The van der Waals surface area contributed by atoms with Crippen LogP contribution in [-0.2, 0) is 34.8 Å². The third kappa shape index (κ3) is 3.15. The summed E-state index contributed by atoms with van der Waals surface area (Å²) in [5.41, 5.74) is 1.71. The largest absolute Gasteiger partial charge is 0.508 e. The molecule has 0 bridgehead atoms. The Labute approximate surface area is 189 Å². The van der Waals surface area contributed by atoms with Crippen molar-refractivity contribution < 1.29 is 24.9 Å². The van der Waals surface area contributed by atoms with Gasteiger partial charge in [0.1, 0.15) is 12.4 Å². The quantitative estimate of drug-likeness (QED) is 0.387. The Kier molecular flexibility index (Phi) is 5.00. The highest BCUT2D eigenvalue weighted by Gasteiger charge is 2.45. The average molecular weight is 451 g/mol. The molecule has 0 saturated carbocycles. The van der Waals surface area contributed by atoms with Crippen LogP contribution >= 0.6 is 0 Å². The van der Waals surface area contributed by atoms with E-state index in [9.17, 15) is 24.9 Å². The van der Waals surface area contributed by atoms with Crippen molar-refractivity contribution in [3.05, 3.63) is 56.9 Å². The average Bonchev–Trinajstić information content (AvgIpc) is 3.15. The molecule has 0 spiro atoms. The van der Waals surface area contributed by atoms with E-state index in [4.69, 9.17) is 9.72 Å². The van der Waals surface area contributed by atoms with E-state index >= 15 is 0 Å². The van der Waals surface area contributed by atoms with Gasteiger partial charge in [-0.2, -0.15) is 0 Å². The third-order valence-corrected chi connectivity index (χ3v) is 6.69. The lowest BCUT2D eigenvalue weighted by atomic mass is 9.86. The van der Waals surface area contributed by atoms with Gasteiger partial charge in [-0.05, 0) is 37.7 Å². The predicted octanol–water partition coefficient (Wildman–Crippen LogP) is 1.21. The predicted molar refractivity (Wildman–Crippen MR) is 120 cm³/mol. The van der Waals surface area contributed by atoms with Crippen LogP contribution in [0.5, 0.6) is 5.75 Å². The number of rotatable bonds is 5. The molecule has 33 heavy (non-hydrogen) atoms. The molecule has 0 radical (unpaired) electrons. The fourth-order valence-electron chi connectivity index (χ4n) is 4.79. The zero-order valence-electron chi connectivity index (χ0n) is 18.5. The third-order valence-electron chi connectivity index (χ3n) is 6.69. The Morgan fingerprint density at radius 1 is 1.27 bits per heavy atom. The number of ether oxygens (including phenoxy) is 1. The number of aromatic hydroxyl groups is 1. The number of benzene rings is 1. The highest BCUT2D eigenvalue weighted by atomic mass is 16.6. The zero-order chi connectivity index (χ0) is 23.5. The summed E-state index contributed by atoms with van der Waals surface area (Å²) in [5, 5.41) is 31.5. The van der Waals surface area contributed by atoms with Crippen molar-refractivity contribution in [1.82, 2.24) is 14.5 Å². The van der Waals surface area contributed by atoms with E-state index < -0.39 is 11.6 Å². The lowest BCUT2D eigenvalue weighted by Gasteiger charge is -2.31. The summed E-state index contributed by atoms with van der Waals surface area (Å²) < 4.78 is 6.69. The van der Waals surface area contributed by atoms with Crippen LogP contribution in [0.25, 0.3) is 22.3 Å². The van der Waals surface area contributed by atoms with E-state index in [-0.39, 0.29) is 42.1 Å². The summed E-state index contributed by atoms with van der Waals surface area (Å²) >= 11 is 0. The fraction of sp³-hybridized carbons (Fsp3) is 0.375. The molecule has 1 unspecified atom stereocenters. The molecule has 0 fully saturated rings. The molecule has 0 amide bonds. The van der Waals surface area contributed by atoms with Crippen LogP contribution in [0.15, 0.2) is 29.1 Å². The Morgan fingerprint density at radius 2 is 2.06 bits per heavy atom. The summed E-state index contributed by atoms with van der Waals surface area (Å²) in [6, 6.07) is 6.92. The molecule has 0 saturated heterocycles. The number of hydrogen-bond acceptors (Lipinski definition) is 8. The molecule has 0 aliphatic carbocycles. The van der Waals surface area contributed by atoms with E-state index in [0.717, 1.165) is 10.9 Å². The van der Waals surface area contributed by atoms with Gasteiger partial charge in [0.15, 0.2) is 5.60 Å². The van der Waals surface area contributed by atoms with Gasteiger partial charge in [-0.1, -0.05) is 6.92 Å². The summed E-state index contributed by atoms with van der Waals surface area (Å²) in [5.74, 6) is -0.612. The van der Waals surface area contributed by atoms with Gasteiger partial charge >= 0.3 is 5.97 Å². The van der Waals surface area contributed by atoms with Crippen LogP contribution in [-0.4, -0.2) is 55.9 Å². The topological polar surface area (TPSA) is 125 Å². The molecular weight excluding hydrogens is 426 g/mol. The number of aliphatic hydroxyl groups is 2. The van der Waals surface area contributed by atoms with Gasteiger partial charge in [0, 0.05) is 35.2 Å². The number of fused-ring (bicyclic) bond motifs is 5. The first kappa shape index (κ1) is 21.6. The van der Waals surface area contributed by atoms with E-state index in [1.54, 1.807) is 29.7 Å². The molecule has 3 aromatic rings. The molecule has 2 aliphatic rings. The monoisotopic (exact) mass is 451 g/mol. The van der Waals surface area contributed by atoms with Crippen LogP contribution in [0.2, 0.25) is 0 Å². The number of carbonyl (C=O) groups excluding carboxylic acids is 1. The fourth-order valence-corrected chi connectivity index (χ4v) is 4.79. The van der Waals surface area contributed by atoms with Gasteiger partial charge in [0.05, 0.1) is 35.6 Å². The standard InChI is InChI=1S/C24H25N3O6/c1-3-24(32)17-9-19-21-13(10-27(19)22(30)16(17)12-33-23(24)31)8-14-15(11-26(2)6-7-28)20(29)5-4-18(14)25-21/h4-5,8-9,28-29,32H,3,6-7,10-12H2,1-2H3. The summed E-state index contributed by atoms with van der Waals surface area (Å²) in [6.45, 7) is 2.68. The molecule has 2 aromatic heterocycles. The SMILES string of the molecule is CCC1(O)C(=O)OCc2c1cc1n(c2=O)Cc2cc3c(CN(C)CCO)c(O)ccc3nc2-1. The zero-order valence-corrected chi connectivity index (χ0v) is 18.5. The molecular formula is C24H25N3O6. The first-order chi connectivity index (χ1) is 15.8. The molecule has 9 heteroatoms. The second kappa shape index (κ2) is 7.65. The van der Waals surface area contributed by atoms with Gasteiger partial charge in [-0.25, -0.2) is 9.78 Å². The van der Waals surface area contributed by atoms with Crippen LogP contribution in [0.3, 0.4) is 0 Å². The second-order valence-electron chi connectivity index (χ2n) is 8.69. The summed E-state index contributed by atoms with van der Waals surface area (Å²) in [6.07, 6.45) is 0.0870. The molecule has 3 N–H and O–H groups in total. The van der Waals surface area contributed by atoms with Crippen molar-refractivity contribution in [1.29, 1.82) is 0 Å². The molecule has 9 nitrogen and oxygen atoms in total. The highest BCUT2D eigenvalue weighted by molar-refractivity contribution is 5.89.